The van der Waals surface area contributed by atoms with Gasteiger partial charge in [-0.2, -0.15) is 13.2 Å². The number of nitrogens with one attached hydrogen (secondary N) is 1. The van der Waals surface area contributed by atoms with Crippen molar-refractivity contribution >= 4 is 11.6 Å². The van der Waals surface area contributed by atoms with Gasteiger partial charge in [0, 0.05) is 37.6 Å². The van der Waals surface area contributed by atoms with Crippen molar-refractivity contribution < 1.29 is 17.9 Å². The van der Waals surface area contributed by atoms with Crippen LogP contribution in [0.4, 0.5) is 13.2 Å². The quantitative estimate of drug-likeness (QED) is 0.914. The summed E-state index contributed by atoms with van der Waals surface area (Å²) in [5.41, 5.74) is 1.19. The molecule has 1 unspecified atom stereocenters. The van der Waals surface area contributed by atoms with Gasteiger partial charge < -0.3 is 10.1 Å². The highest BCUT2D eigenvalue weighted by atomic mass is 35.5. The third-order valence-corrected chi connectivity index (χ3v) is 4.00. The van der Waals surface area contributed by atoms with Crippen LogP contribution in [-0.2, 0) is 17.3 Å². The Balaban J connectivity index is 1.72. The summed E-state index contributed by atoms with van der Waals surface area (Å²) < 4.78 is 43.2. The van der Waals surface area contributed by atoms with E-state index in [0.29, 0.717) is 36.0 Å². The van der Waals surface area contributed by atoms with E-state index in [2.05, 4.69) is 15.3 Å². The summed E-state index contributed by atoms with van der Waals surface area (Å²) in [6, 6.07) is 4.13. The van der Waals surface area contributed by atoms with E-state index in [1.54, 1.807) is 12.3 Å². The zero-order valence-corrected chi connectivity index (χ0v) is 13.4. The van der Waals surface area contributed by atoms with Gasteiger partial charge >= 0.3 is 6.18 Å². The second kappa shape index (κ2) is 7.04. The summed E-state index contributed by atoms with van der Waals surface area (Å²) in [6.45, 7) is 2.04. The average molecular weight is 358 g/mol. The predicted octanol–water partition coefficient (Wildman–Crippen LogP) is 3.40. The molecule has 1 N–H and O–H groups in total. The van der Waals surface area contributed by atoms with E-state index in [-0.39, 0.29) is 6.10 Å². The summed E-state index contributed by atoms with van der Waals surface area (Å²) in [6.07, 6.45) is -1.73. The van der Waals surface area contributed by atoms with Gasteiger partial charge in [-0.15, -0.1) is 0 Å². The van der Waals surface area contributed by atoms with Crippen LogP contribution in [0.2, 0.25) is 5.02 Å². The van der Waals surface area contributed by atoms with Crippen molar-refractivity contribution in [1.82, 2.24) is 15.3 Å². The predicted molar refractivity (Wildman–Crippen MR) is 82.9 cm³/mol. The zero-order chi connectivity index (χ0) is 17.2. The Hall–Kier alpha value is -1.70. The van der Waals surface area contributed by atoms with Gasteiger partial charge in [-0.25, -0.2) is 0 Å². The number of aromatic nitrogens is 2. The van der Waals surface area contributed by atoms with Gasteiger partial charge in [0.25, 0.3) is 0 Å². The van der Waals surface area contributed by atoms with Crippen LogP contribution in [0.5, 0.6) is 0 Å². The zero-order valence-electron chi connectivity index (χ0n) is 12.6. The van der Waals surface area contributed by atoms with Crippen LogP contribution in [0, 0.1) is 0 Å². The van der Waals surface area contributed by atoms with E-state index >= 15 is 0 Å². The van der Waals surface area contributed by atoms with E-state index < -0.39 is 11.7 Å². The molecule has 1 fully saturated rings. The van der Waals surface area contributed by atoms with Crippen molar-refractivity contribution in [2.24, 2.45) is 0 Å². The molecule has 1 atom stereocenters. The lowest BCUT2D eigenvalue weighted by molar-refractivity contribution is -0.137. The largest absolute Gasteiger partial charge is 0.417 e. The monoisotopic (exact) mass is 357 g/mol. The van der Waals surface area contributed by atoms with E-state index in [0.717, 1.165) is 24.4 Å². The molecule has 3 heterocycles. The fourth-order valence-corrected chi connectivity index (χ4v) is 2.78. The summed E-state index contributed by atoms with van der Waals surface area (Å²) in [5, 5.41) is 3.69. The van der Waals surface area contributed by atoms with Gasteiger partial charge in [-0.1, -0.05) is 11.6 Å². The van der Waals surface area contributed by atoms with Crippen LogP contribution in [0.15, 0.2) is 30.6 Å². The molecule has 1 aliphatic rings. The van der Waals surface area contributed by atoms with Gasteiger partial charge in [-0.05, 0) is 23.8 Å². The Morgan fingerprint density at radius 1 is 1.25 bits per heavy atom. The number of morpholine rings is 1. The van der Waals surface area contributed by atoms with Gasteiger partial charge in [0.05, 0.1) is 22.9 Å². The molecule has 2 aromatic heterocycles. The molecule has 0 bridgehead atoms. The summed E-state index contributed by atoms with van der Waals surface area (Å²) in [5.74, 6) is 0. The van der Waals surface area contributed by atoms with Gasteiger partial charge in [0.1, 0.15) is 6.10 Å². The molecule has 0 saturated carbocycles. The van der Waals surface area contributed by atoms with Crippen LogP contribution in [0.1, 0.15) is 28.6 Å². The fraction of sp³-hybridized carbons (Fsp3) is 0.375. The number of ether oxygens (including phenoxy) is 1. The Morgan fingerprint density at radius 3 is 2.67 bits per heavy atom. The van der Waals surface area contributed by atoms with E-state index in [9.17, 15) is 13.2 Å². The molecule has 0 radical (unpaired) electrons. The van der Waals surface area contributed by atoms with E-state index in [1.165, 1.54) is 6.07 Å². The first-order valence-corrected chi connectivity index (χ1v) is 7.80. The Bertz CT molecular complexity index is 701. The van der Waals surface area contributed by atoms with Crippen molar-refractivity contribution in [3.63, 3.8) is 0 Å². The number of alkyl halides is 3. The molecule has 0 spiro atoms. The van der Waals surface area contributed by atoms with Crippen molar-refractivity contribution in [1.29, 1.82) is 0 Å². The van der Waals surface area contributed by atoms with Crippen LogP contribution >= 0.6 is 11.6 Å². The molecule has 3 rings (SSSR count). The maximum atomic E-state index is 12.5. The third kappa shape index (κ3) is 4.03. The molecular formula is C16H15ClF3N3O. The highest BCUT2D eigenvalue weighted by molar-refractivity contribution is 6.31. The molecule has 0 aliphatic carbocycles. The first kappa shape index (κ1) is 17.1. The Morgan fingerprint density at radius 2 is 2.08 bits per heavy atom. The number of nitrogens with zero attached hydrogens (tertiary/aromatic N) is 2. The van der Waals surface area contributed by atoms with Crippen LogP contribution in [-0.4, -0.2) is 29.7 Å². The number of hydrogen-bond donors (Lipinski definition) is 1. The molecule has 4 nitrogen and oxygen atoms in total. The van der Waals surface area contributed by atoms with Crippen molar-refractivity contribution in [2.75, 3.05) is 19.7 Å². The number of halogens is 4. The summed E-state index contributed by atoms with van der Waals surface area (Å²) >= 11 is 6.27. The minimum absolute atomic E-state index is 0.190. The highest BCUT2D eigenvalue weighted by Crippen LogP contribution is 2.29. The standard InChI is InChI=1S/C16H15ClF3N3O/c17-13-6-10(7-23-15(13)14-9-21-3-4-24-14)5-12-2-1-11(8-22-12)16(18,19)20/h1-2,6-8,14,21H,3-5,9H2. The molecule has 128 valence electrons. The van der Waals surface area contributed by atoms with Gasteiger partial charge in [0.2, 0.25) is 0 Å². The first-order chi connectivity index (χ1) is 11.4. The minimum Gasteiger partial charge on any atom is -0.369 e. The summed E-state index contributed by atoms with van der Waals surface area (Å²) in [7, 11) is 0. The van der Waals surface area contributed by atoms with Gasteiger partial charge in [0.15, 0.2) is 0 Å². The minimum atomic E-state index is -4.38. The second-order valence-corrected chi connectivity index (χ2v) is 5.89. The molecule has 24 heavy (non-hydrogen) atoms. The van der Waals surface area contributed by atoms with E-state index in [1.807, 2.05) is 0 Å². The van der Waals surface area contributed by atoms with Crippen LogP contribution < -0.4 is 5.32 Å². The number of pyridine rings is 2. The first-order valence-electron chi connectivity index (χ1n) is 7.42. The normalized spacial score (nSPS) is 18.6. The molecule has 0 aromatic carbocycles. The van der Waals surface area contributed by atoms with Crippen molar-refractivity contribution in [3.05, 3.63) is 58.1 Å². The van der Waals surface area contributed by atoms with Crippen molar-refractivity contribution in [3.8, 4) is 0 Å². The molecule has 0 amide bonds. The van der Waals surface area contributed by atoms with Crippen LogP contribution in [0.25, 0.3) is 0 Å². The fourth-order valence-electron chi connectivity index (χ4n) is 2.47. The molecule has 8 heteroatoms. The number of rotatable bonds is 3. The average Bonchev–Trinajstić information content (AvgIpc) is 2.55. The lowest BCUT2D eigenvalue weighted by atomic mass is 10.1. The third-order valence-electron chi connectivity index (χ3n) is 3.70. The Kier molecular flexibility index (Phi) is 5.03. The Labute approximate surface area is 142 Å². The van der Waals surface area contributed by atoms with Crippen molar-refractivity contribution in [2.45, 2.75) is 18.7 Å². The molecule has 1 saturated heterocycles. The second-order valence-electron chi connectivity index (χ2n) is 5.49. The lowest BCUT2D eigenvalue weighted by Gasteiger charge is -2.24. The molecule has 2 aromatic rings. The SMILES string of the molecule is FC(F)(F)c1ccc(Cc2cnc(C3CNCCO3)c(Cl)c2)nc1. The lowest BCUT2D eigenvalue weighted by Crippen LogP contribution is -2.33. The molecule has 1 aliphatic heterocycles. The summed E-state index contributed by atoms with van der Waals surface area (Å²) in [4.78, 5) is 8.21. The topological polar surface area (TPSA) is 47.0 Å². The highest BCUT2D eigenvalue weighted by Gasteiger charge is 2.30. The number of hydrogen-bond acceptors (Lipinski definition) is 4. The molecular weight excluding hydrogens is 343 g/mol. The van der Waals surface area contributed by atoms with Gasteiger partial charge in [-0.3, -0.25) is 9.97 Å². The maximum absolute atomic E-state index is 12.5. The van der Waals surface area contributed by atoms with Crippen LogP contribution in [0.3, 0.4) is 0 Å². The van der Waals surface area contributed by atoms with E-state index in [4.69, 9.17) is 16.3 Å². The maximum Gasteiger partial charge on any atom is 0.417 e. The smallest absolute Gasteiger partial charge is 0.369 e.